The van der Waals surface area contributed by atoms with E-state index in [0.29, 0.717) is 33.2 Å². The van der Waals surface area contributed by atoms with Gasteiger partial charge in [-0.3, -0.25) is 4.79 Å². The number of carbonyl (C=O) groups is 1. The minimum Gasteiger partial charge on any atom is -0.354 e. The van der Waals surface area contributed by atoms with Crippen LogP contribution in [0.25, 0.3) is 0 Å². The van der Waals surface area contributed by atoms with Crippen LogP contribution in [0.3, 0.4) is 0 Å². The zero-order valence-corrected chi connectivity index (χ0v) is 14.4. The molecule has 0 atom stereocenters. The Morgan fingerprint density at radius 1 is 1.13 bits per heavy atom. The third-order valence-corrected chi connectivity index (χ3v) is 3.48. The van der Waals surface area contributed by atoms with Crippen LogP contribution in [0.4, 0.5) is 11.6 Å². The Kier molecular flexibility index (Phi) is 6.19. The molecule has 5 nitrogen and oxygen atoms in total. The van der Waals surface area contributed by atoms with Gasteiger partial charge in [-0.25, -0.2) is 9.97 Å². The van der Waals surface area contributed by atoms with E-state index in [1.165, 1.54) is 12.4 Å². The molecule has 0 aliphatic rings. The lowest BCUT2D eigenvalue weighted by Gasteiger charge is -2.08. The average Bonchev–Trinajstić information content (AvgIpc) is 2.46. The second-order valence-electron chi connectivity index (χ2n) is 5.52. The maximum atomic E-state index is 12.2. The predicted octanol–water partition coefficient (Wildman–Crippen LogP) is 4.49. The summed E-state index contributed by atoms with van der Waals surface area (Å²) >= 11 is 11.8. The molecule has 0 unspecified atom stereocenters. The van der Waals surface area contributed by atoms with Crippen molar-refractivity contribution in [2.24, 2.45) is 5.92 Å². The van der Waals surface area contributed by atoms with Crippen LogP contribution in [-0.4, -0.2) is 22.4 Å². The molecule has 0 saturated heterocycles. The number of rotatable bonds is 6. The van der Waals surface area contributed by atoms with Crippen molar-refractivity contribution in [3.63, 3.8) is 0 Å². The van der Waals surface area contributed by atoms with Gasteiger partial charge in [-0.05, 0) is 30.5 Å². The first-order chi connectivity index (χ1) is 10.9. The third kappa shape index (κ3) is 5.69. The lowest BCUT2D eigenvalue weighted by molar-refractivity contribution is 0.102. The molecule has 0 aliphatic heterocycles. The first kappa shape index (κ1) is 17.5. The summed E-state index contributed by atoms with van der Waals surface area (Å²) in [5, 5.41) is 6.73. The van der Waals surface area contributed by atoms with Gasteiger partial charge in [0.2, 0.25) is 5.95 Å². The molecule has 1 aromatic heterocycles. The fourth-order valence-electron chi connectivity index (χ4n) is 1.84. The minimum absolute atomic E-state index is 0.322. The van der Waals surface area contributed by atoms with Crippen molar-refractivity contribution in [1.82, 2.24) is 9.97 Å². The summed E-state index contributed by atoms with van der Waals surface area (Å²) in [6.45, 7) is 5.10. The molecule has 1 aromatic carbocycles. The molecule has 0 radical (unpaired) electrons. The van der Waals surface area contributed by atoms with Crippen molar-refractivity contribution in [3.8, 4) is 0 Å². The Hall–Kier alpha value is -1.85. The number of amides is 1. The number of nitrogens with one attached hydrogen (secondary N) is 2. The van der Waals surface area contributed by atoms with Gasteiger partial charge < -0.3 is 10.6 Å². The van der Waals surface area contributed by atoms with Gasteiger partial charge in [-0.1, -0.05) is 37.0 Å². The number of halogens is 2. The molecule has 0 bridgehead atoms. The highest BCUT2D eigenvalue weighted by Crippen LogP contribution is 2.22. The largest absolute Gasteiger partial charge is 0.354 e. The van der Waals surface area contributed by atoms with Gasteiger partial charge >= 0.3 is 0 Å². The summed E-state index contributed by atoms with van der Waals surface area (Å²) in [5.74, 6) is 0.794. The molecule has 2 aromatic rings. The number of aromatic nitrogens is 2. The van der Waals surface area contributed by atoms with Gasteiger partial charge in [0.15, 0.2) is 0 Å². The minimum atomic E-state index is -0.322. The molecule has 1 amide bonds. The number of hydrogen-bond donors (Lipinski definition) is 2. The molecule has 0 spiro atoms. The second-order valence-corrected chi connectivity index (χ2v) is 6.39. The summed E-state index contributed by atoms with van der Waals surface area (Å²) in [7, 11) is 0. The van der Waals surface area contributed by atoms with Gasteiger partial charge in [0.05, 0.1) is 5.56 Å². The predicted molar refractivity (Wildman–Crippen MR) is 94.4 cm³/mol. The molecule has 2 rings (SSSR count). The molecule has 23 heavy (non-hydrogen) atoms. The Bertz CT molecular complexity index is 654. The van der Waals surface area contributed by atoms with E-state index in [0.717, 1.165) is 13.0 Å². The highest BCUT2D eigenvalue weighted by Gasteiger charge is 2.09. The van der Waals surface area contributed by atoms with Gasteiger partial charge in [-0.2, -0.15) is 0 Å². The standard InChI is InChI=1S/C16H18Cl2N4O/c1-10(2)3-4-19-16-20-8-11(9-21-16)15(23)22-14-6-12(17)5-13(18)7-14/h5-10H,3-4H2,1-2H3,(H,22,23)(H,19,20,21). The summed E-state index contributed by atoms with van der Waals surface area (Å²) in [6.07, 6.45) is 3.99. The second kappa shape index (κ2) is 8.13. The zero-order valence-electron chi connectivity index (χ0n) is 12.9. The van der Waals surface area contributed by atoms with E-state index in [4.69, 9.17) is 23.2 Å². The molecule has 0 fully saturated rings. The number of benzene rings is 1. The van der Waals surface area contributed by atoms with Gasteiger partial charge in [-0.15, -0.1) is 0 Å². The van der Waals surface area contributed by atoms with Gasteiger partial charge in [0.1, 0.15) is 0 Å². The quantitative estimate of drug-likeness (QED) is 0.803. The first-order valence-electron chi connectivity index (χ1n) is 7.27. The van der Waals surface area contributed by atoms with Crippen molar-refractivity contribution in [1.29, 1.82) is 0 Å². The lowest BCUT2D eigenvalue weighted by atomic mass is 10.1. The van der Waals surface area contributed by atoms with Crippen LogP contribution in [0, 0.1) is 5.92 Å². The molecule has 1 heterocycles. The normalized spacial score (nSPS) is 10.7. The van der Waals surface area contributed by atoms with Crippen LogP contribution in [0.1, 0.15) is 30.6 Å². The van der Waals surface area contributed by atoms with E-state index in [9.17, 15) is 4.79 Å². The van der Waals surface area contributed by atoms with Gasteiger partial charge in [0, 0.05) is 34.7 Å². The zero-order chi connectivity index (χ0) is 16.8. The van der Waals surface area contributed by atoms with Crippen LogP contribution >= 0.6 is 23.2 Å². The van der Waals surface area contributed by atoms with Gasteiger partial charge in [0.25, 0.3) is 5.91 Å². The van der Waals surface area contributed by atoms with Crippen LogP contribution in [0.15, 0.2) is 30.6 Å². The Labute approximate surface area is 145 Å². The molecule has 0 aliphatic carbocycles. The van der Waals surface area contributed by atoms with E-state index < -0.39 is 0 Å². The fourth-order valence-corrected chi connectivity index (χ4v) is 2.36. The van der Waals surface area contributed by atoms with Crippen LogP contribution in [-0.2, 0) is 0 Å². The molecule has 122 valence electrons. The van der Waals surface area contributed by atoms with E-state index in [1.807, 2.05) is 0 Å². The van der Waals surface area contributed by atoms with Crippen molar-refractivity contribution in [3.05, 3.63) is 46.2 Å². The molecular weight excluding hydrogens is 335 g/mol. The Morgan fingerprint density at radius 2 is 1.74 bits per heavy atom. The number of nitrogens with zero attached hydrogens (tertiary/aromatic N) is 2. The summed E-state index contributed by atoms with van der Waals surface area (Å²) in [5.41, 5.74) is 0.877. The maximum absolute atomic E-state index is 12.2. The molecule has 7 heteroatoms. The highest BCUT2D eigenvalue weighted by atomic mass is 35.5. The smallest absolute Gasteiger partial charge is 0.258 e. The number of hydrogen-bond acceptors (Lipinski definition) is 4. The molecular formula is C16H18Cl2N4O. The summed E-state index contributed by atoms with van der Waals surface area (Å²) < 4.78 is 0. The van der Waals surface area contributed by atoms with Crippen LogP contribution in [0.2, 0.25) is 10.0 Å². The Balaban J connectivity index is 1.97. The third-order valence-electron chi connectivity index (χ3n) is 3.04. The van der Waals surface area contributed by atoms with E-state index >= 15 is 0 Å². The number of anilines is 2. The average molecular weight is 353 g/mol. The van der Waals surface area contributed by atoms with Crippen LogP contribution in [0.5, 0.6) is 0 Å². The lowest BCUT2D eigenvalue weighted by Crippen LogP contribution is -2.14. The van der Waals surface area contributed by atoms with Crippen LogP contribution < -0.4 is 10.6 Å². The van der Waals surface area contributed by atoms with Crippen molar-refractivity contribution in [2.45, 2.75) is 20.3 Å². The van der Waals surface area contributed by atoms with E-state index in [2.05, 4.69) is 34.4 Å². The highest BCUT2D eigenvalue weighted by molar-refractivity contribution is 6.35. The number of carbonyl (C=O) groups excluding carboxylic acids is 1. The molecule has 2 N–H and O–H groups in total. The molecule has 0 saturated carbocycles. The summed E-state index contributed by atoms with van der Waals surface area (Å²) in [6, 6.07) is 4.83. The van der Waals surface area contributed by atoms with Crippen molar-refractivity contribution >= 4 is 40.7 Å². The topological polar surface area (TPSA) is 66.9 Å². The Morgan fingerprint density at radius 3 is 2.30 bits per heavy atom. The fraction of sp³-hybridized carbons (Fsp3) is 0.312. The van der Waals surface area contributed by atoms with E-state index in [1.54, 1.807) is 18.2 Å². The SMILES string of the molecule is CC(C)CCNc1ncc(C(=O)Nc2cc(Cl)cc(Cl)c2)cn1. The van der Waals surface area contributed by atoms with E-state index in [-0.39, 0.29) is 5.91 Å². The first-order valence-corrected chi connectivity index (χ1v) is 8.03. The summed E-state index contributed by atoms with van der Waals surface area (Å²) in [4.78, 5) is 20.4. The van der Waals surface area contributed by atoms with Crippen molar-refractivity contribution < 1.29 is 4.79 Å². The monoisotopic (exact) mass is 352 g/mol. The maximum Gasteiger partial charge on any atom is 0.258 e. The van der Waals surface area contributed by atoms with Crippen molar-refractivity contribution in [2.75, 3.05) is 17.2 Å².